The molecule has 0 amide bonds. The zero-order chi connectivity index (χ0) is 14.1. The molecular weight excluding hydrogens is 270 g/mol. The standard InChI is InChI=1S/C16H13NO2S/c1-10-2-4-11(5-3-10)16-17-14(9-20-16)13-7-6-12(18)8-15(13)19/h2-9,18-19H,1H3. The van der Waals surface area contributed by atoms with Gasteiger partial charge >= 0.3 is 0 Å². The van der Waals surface area contributed by atoms with Crippen LogP contribution in [0.2, 0.25) is 0 Å². The number of rotatable bonds is 2. The van der Waals surface area contributed by atoms with E-state index in [9.17, 15) is 10.2 Å². The quantitative estimate of drug-likeness (QED) is 0.741. The van der Waals surface area contributed by atoms with E-state index in [4.69, 9.17) is 0 Å². The van der Waals surface area contributed by atoms with Gasteiger partial charge in [0.15, 0.2) is 0 Å². The molecule has 3 nitrogen and oxygen atoms in total. The molecule has 0 unspecified atom stereocenters. The molecule has 0 aliphatic rings. The van der Waals surface area contributed by atoms with Crippen LogP contribution in [0.3, 0.4) is 0 Å². The first kappa shape index (κ1) is 12.7. The van der Waals surface area contributed by atoms with Crippen molar-refractivity contribution in [3.05, 3.63) is 53.4 Å². The van der Waals surface area contributed by atoms with Crippen LogP contribution in [0.5, 0.6) is 11.5 Å². The highest BCUT2D eigenvalue weighted by molar-refractivity contribution is 7.13. The molecule has 2 aromatic carbocycles. The zero-order valence-electron chi connectivity index (χ0n) is 10.9. The van der Waals surface area contributed by atoms with Gasteiger partial charge in [0.25, 0.3) is 0 Å². The van der Waals surface area contributed by atoms with Crippen molar-refractivity contribution in [1.82, 2.24) is 4.98 Å². The number of aromatic nitrogens is 1. The summed E-state index contributed by atoms with van der Waals surface area (Å²) in [6, 6.07) is 12.7. The highest BCUT2D eigenvalue weighted by atomic mass is 32.1. The Kier molecular flexibility index (Phi) is 3.16. The van der Waals surface area contributed by atoms with Gasteiger partial charge in [0.1, 0.15) is 16.5 Å². The molecule has 0 bridgehead atoms. The minimum Gasteiger partial charge on any atom is -0.508 e. The summed E-state index contributed by atoms with van der Waals surface area (Å²) >= 11 is 1.53. The molecule has 4 heteroatoms. The van der Waals surface area contributed by atoms with Crippen LogP contribution in [0.15, 0.2) is 47.8 Å². The molecule has 1 aromatic heterocycles. The number of thiazole rings is 1. The molecule has 0 spiro atoms. The van der Waals surface area contributed by atoms with Crippen molar-refractivity contribution in [2.24, 2.45) is 0 Å². The fraction of sp³-hybridized carbons (Fsp3) is 0.0625. The molecule has 100 valence electrons. The molecule has 3 rings (SSSR count). The predicted octanol–water partition coefficient (Wildman–Crippen LogP) is 4.20. The van der Waals surface area contributed by atoms with Crippen molar-refractivity contribution < 1.29 is 10.2 Å². The van der Waals surface area contributed by atoms with Gasteiger partial charge in [0.2, 0.25) is 0 Å². The van der Waals surface area contributed by atoms with Crippen LogP contribution in [-0.2, 0) is 0 Å². The van der Waals surface area contributed by atoms with Crippen LogP contribution in [0, 0.1) is 6.92 Å². The van der Waals surface area contributed by atoms with Gasteiger partial charge in [-0.1, -0.05) is 29.8 Å². The number of hydrogen-bond acceptors (Lipinski definition) is 4. The molecule has 1 heterocycles. The van der Waals surface area contributed by atoms with Gasteiger partial charge in [0, 0.05) is 22.6 Å². The van der Waals surface area contributed by atoms with Crippen molar-refractivity contribution in [3.63, 3.8) is 0 Å². The summed E-state index contributed by atoms with van der Waals surface area (Å²) in [5.74, 6) is 0.0750. The Bertz CT molecular complexity index is 747. The SMILES string of the molecule is Cc1ccc(-c2nc(-c3ccc(O)cc3O)cs2)cc1. The normalized spacial score (nSPS) is 10.7. The Hall–Kier alpha value is -2.33. The third-order valence-electron chi connectivity index (χ3n) is 3.06. The maximum atomic E-state index is 9.87. The summed E-state index contributed by atoms with van der Waals surface area (Å²) in [4.78, 5) is 4.55. The Balaban J connectivity index is 1.99. The Morgan fingerprint density at radius 3 is 2.45 bits per heavy atom. The van der Waals surface area contributed by atoms with E-state index in [2.05, 4.69) is 17.1 Å². The van der Waals surface area contributed by atoms with Crippen molar-refractivity contribution in [3.8, 4) is 33.3 Å². The fourth-order valence-electron chi connectivity index (χ4n) is 1.96. The van der Waals surface area contributed by atoms with Crippen molar-refractivity contribution in [2.45, 2.75) is 6.92 Å². The molecule has 0 radical (unpaired) electrons. The maximum absolute atomic E-state index is 9.87. The largest absolute Gasteiger partial charge is 0.508 e. The van der Waals surface area contributed by atoms with E-state index >= 15 is 0 Å². The van der Waals surface area contributed by atoms with E-state index in [0.29, 0.717) is 11.3 Å². The molecule has 3 aromatic rings. The molecule has 20 heavy (non-hydrogen) atoms. The van der Waals surface area contributed by atoms with Crippen LogP contribution < -0.4 is 0 Å². The van der Waals surface area contributed by atoms with Gasteiger partial charge in [-0.15, -0.1) is 11.3 Å². The molecular formula is C16H13NO2S. The Labute approximate surface area is 120 Å². The molecule has 0 saturated carbocycles. The number of phenols is 2. The average molecular weight is 283 g/mol. The lowest BCUT2D eigenvalue weighted by molar-refractivity contribution is 0.452. The highest BCUT2D eigenvalue weighted by Gasteiger charge is 2.10. The topological polar surface area (TPSA) is 53.4 Å². The minimum absolute atomic E-state index is 0.0331. The van der Waals surface area contributed by atoms with Crippen LogP contribution >= 0.6 is 11.3 Å². The van der Waals surface area contributed by atoms with E-state index in [-0.39, 0.29) is 11.5 Å². The third-order valence-corrected chi connectivity index (χ3v) is 3.95. The number of phenolic OH excluding ortho intramolecular Hbond substituents is 2. The van der Waals surface area contributed by atoms with Gasteiger partial charge in [0.05, 0.1) is 5.69 Å². The number of aryl methyl sites for hydroxylation is 1. The van der Waals surface area contributed by atoms with Gasteiger partial charge in [-0.2, -0.15) is 0 Å². The predicted molar refractivity (Wildman–Crippen MR) is 81.1 cm³/mol. The van der Waals surface area contributed by atoms with Gasteiger partial charge in [-0.3, -0.25) is 0 Å². The molecule has 0 fully saturated rings. The Morgan fingerprint density at radius 1 is 1.00 bits per heavy atom. The first-order chi connectivity index (χ1) is 9.63. The summed E-state index contributed by atoms with van der Waals surface area (Å²) in [6.07, 6.45) is 0. The summed E-state index contributed by atoms with van der Waals surface area (Å²) in [6.45, 7) is 2.05. The van der Waals surface area contributed by atoms with Crippen molar-refractivity contribution >= 4 is 11.3 Å². The third kappa shape index (κ3) is 2.38. The van der Waals surface area contributed by atoms with E-state index in [1.807, 2.05) is 24.4 Å². The van der Waals surface area contributed by atoms with Crippen molar-refractivity contribution in [1.29, 1.82) is 0 Å². The molecule has 0 saturated heterocycles. The smallest absolute Gasteiger partial charge is 0.128 e. The zero-order valence-corrected chi connectivity index (χ0v) is 11.7. The lowest BCUT2D eigenvalue weighted by Gasteiger charge is -2.01. The number of aromatic hydroxyl groups is 2. The van der Waals surface area contributed by atoms with E-state index in [0.717, 1.165) is 10.6 Å². The summed E-state index contributed by atoms with van der Waals surface area (Å²) in [7, 11) is 0. The minimum atomic E-state index is 0.0331. The first-order valence-corrected chi connectivity index (χ1v) is 7.06. The molecule has 0 aliphatic carbocycles. The lowest BCUT2D eigenvalue weighted by Crippen LogP contribution is -1.81. The summed E-state index contributed by atoms with van der Waals surface area (Å²) < 4.78 is 0. The van der Waals surface area contributed by atoms with Crippen LogP contribution in [-0.4, -0.2) is 15.2 Å². The van der Waals surface area contributed by atoms with Crippen LogP contribution in [0.1, 0.15) is 5.56 Å². The average Bonchev–Trinajstić information content (AvgIpc) is 2.89. The van der Waals surface area contributed by atoms with E-state index in [1.165, 1.54) is 23.0 Å². The van der Waals surface area contributed by atoms with Crippen LogP contribution in [0.25, 0.3) is 21.8 Å². The lowest BCUT2D eigenvalue weighted by atomic mass is 10.1. The molecule has 0 aliphatic heterocycles. The number of benzene rings is 2. The second kappa shape index (κ2) is 4.98. The number of nitrogens with zero attached hydrogens (tertiary/aromatic N) is 1. The summed E-state index contributed by atoms with van der Waals surface area (Å²) in [5.41, 5.74) is 3.60. The fourth-order valence-corrected chi connectivity index (χ4v) is 2.79. The molecule has 0 atom stereocenters. The van der Waals surface area contributed by atoms with Gasteiger partial charge < -0.3 is 10.2 Å². The van der Waals surface area contributed by atoms with Crippen LogP contribution in [0.4, 0.5) is 0 Å². The number of hydrogen-bond donors (Lipinski definition) is 2. The highest BCUT2D eigenvalue weighted by Crippen LogP contribution is 2.35. The first-order valence-electron chi connectivity index (χ1n) is 6.18. The maximum Gasteiger partial charge on any atom is 0.128 e. The van der Waals surface area contributed by atoms with Gasteiger partial charge in [-0.05, 0) is 19.1 Å². The van der Waals surface area contributed by atoms with Gasteiger partial charge in [-0.25, -0.2) is 4.98 Å². The summed E-state index contributed by atoms with van der Waals surface area (Å²) in [5, 5.41) is 22.0. The second-order valence-electron chi connectivity index (χ2n) is 4.61. The van der Waals surface area contributed by atoms with E-state index in [1.54, 1.807) is 12.1 Å². The van der Waals surface area contributed by atoms with E-state index < -0.39 is 0 Å². The van der Waals surface area contributed by atoms with Crippen molar-refractivity contribution in [2.75, 3.05) is 0 Å². The monoisotopic (exact) mass is 283 g/mol. The molecule has 2 N–H and O–H groups in total. The second-order valence-corrected chi connectivity index (χ2v) is 5.46. The Morgan fingerprint density at radius 2 is 1.75 bits per heavy atom.